The summed E-state index contributed by atoms with van der Waals surface area (Å²) in [7, 11) is 0. The van der Waals surface area contributed by atoms with E-state index in [9.17, 15) is 28.8 Å². The molecule has 4 rings (SSSR count). The molecule has 0 spiro atoms. The largest absolute Gasteiger partial charge is 0.351 e. The van der Waals surface area contributed by atoms with E-state index < -0.39 is 64.9 Å². The first-order chi connectivity index (χ1) is 22.4. The van der Waals surface area contributed by atoms with Gasteiger partial charge in [0.15, 0.2) is 0 Å². The summed E-state index contributed by atoms with van der Waals surface area (Å²) in [6.07, 6.45) is 13.1. The highest BCUT2D eigenvalue weighted by atomic mass is 16.2. The van der Waals surface area contributed by atoms with Crippen molar-refractivity contribution in [3.05, 3.63) is 24.3 Å². The molecule has 0 aromatic carbocycles. The number of hydrogen-bond donors (Lipinski definition) is 5. The van der Waals surface area contributed by atoms with E-state index in [-0.39, 0.29) is 23.6 Å². The Morgan fingerprint density at radius 2 is 1.55 bits per heavy atom. The van der Waals surface area contributed by atoms with E-state index in [2.05, 4.69) is 36.6 Å². The van der Waals surface area contributed by atoms with Crippen molar-refractivity contribution in [3.8, 4) is 0 Å². The molecule has 3 aliphatic rings. The summed E-state index contributed by atoms with van der Waals surface area (Å²) in [6.45, 7) is 7.41. The quantitative estimate of drug-likeness (QED) is 0.189. The molecule has 1 heterocycles. The molecule has 47 heavy (non-hydrogen) atoms. The highest BCUT2D eigenvalue weighted by Gasteiger charge is 2.42. The fraction of sp³-hybridized carbons (Fsp3) is 0.706. The van der Waals surface area contributed by atoms with Gasteiger partial charge in [-0.25, -0.2) is 4.98 Å². The number of carbonyl (C=O) groups excluding carboxylic acids is 6. The van der Waals surface area contributed by atoms with Crippen LogP contribution in [-0.2, 0) is 24.0 Å². The first kappa shape index (κ1) is 35.9. The summed E-state index contributed by atoms with van der Waals surface area (Å²) >= 11 is 0. The lowest BCUT2D eigenvalue weighted by atomic mass is 9.82. The lowest BCUT2D eigenvalue weighted by Gasteiger charge is -2.35. The van der Waals surface area contributed by atoms with Crippen molar-refractivity contribution in [3.63, 3.8) is 0 Å². The molecule has 13 heteroatoms. The second kappa shape index (κ2) is 16.3. The van der Waals surface area contributed by atoms with Crippen LogP contribution in [0.5, 0.6) is 0 Å². The minimum atomic E-state index is -0.959. The highest BCUT2D eigenvalue weighted by molar-refractivity contribution is 6.38. The van der Waals surface area contributed by atoms with Gasteiger partial charge in [-0.05, 0) is 56.3 Å². The molecule has 1 aromatic heterocycles. The van der Waals surface area contributed by atoms with Gasteiger partial charge >= 0.3 is 0 Å². The molecule has 0 saturated heterocycles. The topological polar surface area (TPSA) is 188 Å². The summed E-state index contributed by atoms with van der Waals surface area (Å²) < 4.78 is 0. The summed E-state index contributed by atoms with van der Waals surface area (Å²) in [5, 5.41) is 14.3. The molecular formula is C34H51N7O6. The zero-order chi connectivity index (χ0) is 34.1. The second-order valence-corrected chi connectivity index (χ2v) is 14.4. The van der Waals surface area contributed by atoms with Crippen molar-refractivity contribution in [2.75, 3.05) is 0 Å². The SMILES string of the molecule is CCCC(NC(=O)[C@@H]1CCC[C@@H]1NC(=O)[C@@H](NC(=O)[C@@H](NC(=O)c1cnccn1)C1CCCCC1)C(C)(C)C)C(=O)C(=O)NC1CC1. The molecule has 3 fully saturated rings. The Morgan fingerprint density at radius 3 is 2.17 bits per heavy atom. The van der Waals surface area contributed by atoms with Crippen LogP contribution in [0.15, 0.2) is 18.6 Å². The standard InChI is InChI=1S/C34H51N7O6/c1-5-10-24(27(42)32(46)37-21-15-16-21)39-29(43)22-13-9-14-23(22)38-33(47)28(34(2,3)4)41-31(45)26(20-11-7-6-8-12-20)40-30(44)25-19-35-17-18-36-25/h17-24,26,28H,5-16H2,1-4H3,(H,37,46)(H,38,47)(H,39,43)(H,40,44)(H,41,45)/t22-,23+,24?,26+,28-/m1/s1. The molecule has 1 unspecified atom stereocenters. The van der Waals surface area contributed by atoms with E-state index in [1.165, 1.54) is 18.6 Å². The fourth-order valence-electron chi connectivity index (χ4n) is 6.60. The molecule has 258 valence electrons. The zero-order valence-electron chi connectivity index (χ0n) is 28.1. The van der Waals surface area contributed by atoms with Gasteiger partial charge in [0.2, 0.25) is 23.5 Å². The van der Waals surface area contributed by atoms with Crippen molar-refractivity contribution in [2.45, 2.75) is 135 Å². The third-order valence-corrected chi connectivity index (χ3v) is 9.43. The van der Waals surface area contributed by atoms with Gasteiger partial charge in [0.05, 0.1) is 18.2 Å². The normalized spacial score (nSPS) is 21.9. The molecule has 5 N–H and O–H groups in total. The third-order valence-electron chi connectivity index (χ3n) is 9.43. The average Bonchev–Trinajstić information content (AvgIpc) is 3.75. The molecule has 0 aliphatic heterocycles. The smallest absolute Gasteiger partial charge is 0.289 e. The maximum atomic E-state index is 13.9. The van der Waals surface area contributed by atoms with Crippen LogP contribution in [0.1, 0.15) is 115 Å². The van der Waals surface area contributed by atoms with Gasteiger partial charge in [-0.3, -0.25) is 33.8 Å². The molecule has 1 aromatic rings. The Morgan fingerprint density at radius 1 is 0.830 bits per heavy atom. The molecule has 0 radical (unpaired) electrons. The predicted octanol–water partition coefficient (Wildman–Crippen LogP) is 2.10. The number of aromatic nitrogens is 2. The number of nitrogens with zero attached hydrogens (tertiary/aromatic N) is 2. The Hall–Kier alpha value is -3.90. The van der Waals surface area contributed by atoms with E-state index in [4.69, 9.17) is 0 Å². The van der Waals surface area contributed by atoms with E-state index in [0.717, 1.165) is 44.9 Å². The minimum Gasteiger partial charge on any atom is -0.351 e. The van der Waals surface area contributed by atoms with Gasteiger partial charge < -0.3 is 26.6 Å². The first-order valence-corrected chi connectivity index (χ1v) is 17.2. The molecule has 3 saturated carbocycles. The minimum absolute atomic E-state index is 0.0301. The Labute approximate surface area is 277 Å². The number of rotatable bonds is 14. The van der Waals surface area contributed by atoms with Crippen LogP contribution >= 0.6 is 0 Å². The summed E-state index contributed by atoms with van der Waals surface area (Å²) in [6, 6.07) is -3.23. The molecular weight excluding hydrogens is 602 g/mol. The monoisotopic (exact) mass is 653 g/mol. The van der Waals surface area contributed by atoms with Gasteiger partial charge in [-0.1, -0.05) is 59.8 Å². The van der Waals surface area contributed by atoms with Crippen LogP contribution in [0.25, 0.3) is 0 Å². The molecule has 5 amide bonds. The van der Waals surface area contributed by atoms with Crippen LogP contribution in [0.2, 0.25) is 0 Å². The van der Waals surface area contributed by atoms with Gasteiger partial charge in [0.25, 0.3) is 11.8 Å². The first-order valence-electron chi connectivity index (χ1n) is 17.2. The van der Waals surface area contributed by atoms with Crippen LogP contribution in [-0.4, -0.2) is 75.5 Å². The van der Waals surface area contributed by atoms with Crippen molar-refractivity contribution in [1.29, 1.82) is 0 Å². The van der Waals surface area contributed by atoms with Crippen LogP contribution in [0, 0.1) is 17.3 Å². The second-order valence-electron chi connectivity index (χ2n) is 14.4. The fourth-order valence-corrected chi connectivity index (χ4v) is 6.60. The van der Waals surface area contributed by atoms with E-state index >= 15 is 0 Å². The number of carbonyl (C=O) groups is 6. The summed E-state index contributed by atoms with van der Waals surface area (Å²) in [5.74, 6) is -3.77. The summed E-state index contributed by atoms with van der Waals surface area (Å²) in [5.41, 5.74) is -0.599. The maximum absolute atomic E-state index is 13.9. The Bertz CT molecular complexity index is 1290. The van der Waals surface area contributed by atoms with Gasteiger partial charge in [-0.2, -0.15) is 0 Å². The van der Waals surface area contributed by atoms with Crippen LogP contribution < -0.4 is 26.6 Å². The van der Waals surface area contributed by atoms with Crippen molar-refractivity contribution >= 4 is 35.3 Å². The maximum Gasteiger partial charge on any atom is 0.289 e. The van der Waals surface area contributed by atoms with Crippen molar-refractivity contribution < 1.29 is 28.8 Å². The lowest BCUT2D eigenvalue weighted by molar-refractivity contribution is -0.140. The van der Waals surface area contributed by atoms with Crippen LogP contribution in [0.4, 0.5) is 0 Å². The number of nitrogens with one attached hydrogen (secondary N) is 5. The highest BCUT2D eigenvalue weighted by Crippen LogP contribution is 2.30. The molecule has 5 atom stereocenters. The van der Waals surface area contributed by atoms with E-state index in [0.29, 0.717) is 32.1 Å². The number of hydrogen-bond acceptors (Lipinski definition) is 8. The van der Waals surface area contributed by atoms with E-state index in [1.54, 1.807) is 0 Å². The van der Waals surface area contributed by atoms with Crippen molar-refractivity contribution in [1.82, 2.24) is 36.6 Å². The third kappa shape index (κ3) is 10.0. The molecule has 13 nitrogen and oxygen atoms in total. The molecule has 3 aliphatic carbocycles. The Balaban J connectivity index is 1.43. The number of Topliss-reactive ketones (excluding diaryl/α,β-unsaturated/α-hetero) is 1. The average molecular weight is 654 g/mol. The van der Waals surface area contributed by atoms with Crippen molar-refractivity contribution in [2.24, 2.45) is 17.3 Å². The van der Waals surface area contributed by atoms with E-state index in [1.807, 2.05) is 27.7 Å². The number of ketones is 1. The lowest BCUT2D eigenvalue weighted by Crippen LogP contribution is -2.61. The zero-order valence-corrected chi connectivity index (χ0v) is 28.1. The summed E-state index contributed by atoms with van der Waals surface area (Å²) in [4.78, 5) is 87.5. The number of amides is 5. The Kier molecular flexibility index (Phi) is 12.4. The van der Waals surface area contributed by atoms with Gasteiger partial charge in [0.1, 0.15) is 17.8 Å². The van der Waals surface area contributed by atoms with Crippen LogP contribution in [0.3, 0.4) is 0 Å². The van der Waals surface area contributed by atoms with Gasteiger partial charge in [-0.15, -0.1) is 0 Å². The predicted molar refractivity (Wildman–Crippen MR) is 174 cm³/mol. The van der Waals surface area contributed by atoms with Gasteiger partial charge in [0, 0.05) is 24.5 Å². The molecule has 0 bridgehead atoms.